The fourth-order valence-electron chi connectivity index (χ4n) is 2.86. The molecule has 1 saturated heterocycles. The van der Waals surface area contributed by atoms with Crippen molar-refractivity contribution in [2.45, 2.75) is 71.0 Å². The zero-order valence-electron chi connectivity index (χ0n) is 14.9. The van der Waals surface area contributed by atoms with Crippen molar-refractivity contribution in [1.82, 2.24) is 0 Å². The lowest BCUT2D eigenvalue weighted by Crippen LogP contribution is -2.22. The smallest absolute Gasteiger partial charge is 0.157 e. The number of unbranched alkanes of at least 4 members (excludes halogenated alkanes) is 3. The van der Waals surface area contributed by atoms with E-state index in [-0.39, 0.29) is 6.29 Å². The molecule has 1 atom stereocenters. The van der Waals surface area contributed by atoms with Gasteiger partial charge in [-0.05, 0) is 55.7 Å². The molecule has 0 amide bonds. The number of hydrogen-bond donors (Lipinski definition) is 1. The largest absolute Gasteiger partial charge is 0.385 e. The van der Waals surface area contributed by atoms with E-state index in [1.165, 1.54) is 43.4 Å². The molecule has 1 unspecified atom stereocenters. The van der Waals surface area contributed by atoms with Crippen molar-refractivity contribution in [3.05, 3.63) is 29.8 Å². The van der Waals surface area contributed by atoms with Crippen molar-refractivity contribution in [3.63, 3.8) is 0 Å². The molecule has 130 valence electrons. The van der Waals surface area contributed by atoms with Crippen LogP contribution < -0.4 is 5.32 Å². The highest BCUT2D eigenvalue weighted by Crippen LogP contribution is 2.17. The average Bonchev–Trinajstić information content (AvgIpc) is 2.58. The van der Waals surface area contributed by atoms with Gasteiger partial charge in [0, 0.05) is 25.4 Å². The lowest BCUT2D eigenvalue weighted by Gasteiger charge is -2.22. The number of nitrogens with one attached hydrogen (secondary N) is 1. The van der Waals surface area contributed by atoms with Gasteiger partial charge in [-0.25, -0.2) is 0 Å². The topological polar surface area (TPSA) is 30.5 Å². The highest BCUT2D eigenvalue weighted by Gasteiger charge is 2.13. The van der Waals surface area contributed by atoms with Gasteiger partial charge in [-0.15, -0.1) is 0 Å². The lowest BCUT2D eigenvalue weighted by molar-refractivity contribution is -0.162. The summed E-state index contributed by atoms with van der Waals surface area (Å²) in [6, 6.07) is 8.82. The number of ether oxygens (including phenoxy) is 2. The molecule has 1 aromatic carbocycles. The predicted octanol–water partition coefficient (Wildman–Crippen LogP) is 5.33. The second-order valence-corrected chi connectivity index (χ2v) is 6.78. The third-order valence-electron chi connectivity index (χ3n) is 4.42. The van der Waals surface area contributed by atoms with Crippen LogP contribution in [0.5, 0.6) is 0 Å². The normalized spacial score (nSPS) is 18.3. The van der Waals surface area contributed by atoms with Crippen LogP contribution in [-0.2, 0) is 9.47 Å². The van der Waals surface area contributed by atoms with E-state index in [1.54, 1.807) is 0 Å². The summed E-state index contributed by atoms with van der Waals surface area (Å²) in [4.78, 5) is 0. The van der Waals surface area contributed by atoms with Gasteiger partial charge >= 0.3 is 0 Å². The molecule has 1 aliphatic rings. The Kier molecular flexibility index (Phi) is 8.48. The number of benzene rings is 1. The van der Waals surface area contributed by atoms with E-state index in [2.05, 4.69) is 43.4 Å². The monoisotopic (exact) mass is 319 g/mol. The van der Waals surface area contributed by atoms with Crippen LogP contribution in [0, 0.1) is 0 Å². The molecule has 3 heteroatoms. The molecule has 1 heterocycles. The molecule has 0 saturated carbocycles. The standard InChI is InChI=1S/C20H33NO2/c1-17(2)18-10-12-19(13-11-18)21-14-6-3-4-7-15-22-20-9-5-8-16-23-20/h10-13,17,20-21H,3-9,14-16H2,1-2H3. The summed E-state index contributed by atoms with van der Waals surface area (Å²) in [7, 11) is 0. The minimum atomic E-state index is 0.0687. The first-order valence-corrected chi connectivity index (χ1v) is 9.33. The van der Waals surface area contributed by atoms with Crippen molar-refractivity contribution in [1.29, 1.82) is 0 Å². The highest BCUT2D eigenvalue weighted by molar-refractivity contribution is 5.44. The van der Waals surface area contributed by atoms with Crippen LogP contribution in [0.3, 0.4) is 0 Å². The Balaban J connectivity index is 1.44. The van der Waals surface area contributed by atoms with Gasteiger partial charge in [-0.1, -0.05) is 38.8 Å². The summed E-state index contributed by atoms with van der Waals surface area (Å²) in [5.41, 5.74) is 2.63. The van der Waals surface area contributed by atoms with Crippen LogP contribution in [0.1, 0.15) is 70.3 Å². The average molecular weight is 319 g/mol. The van der Waals surface area contributed by atoms with Crippen LogP contribution in [-0.4, -0.2) is 26.0 Å². The zero-order chi connectivity index (χ0) is 16.3. The fourth-order valence-corrected chi connectivity index (χ4v) is 2.86. The third kappa shape index (κ3) is 7.36. The Morgan fingerprint density at radius 2 is 1.87 bits per heavy atom. The SMILES string of the molecule is CC(C)c1ccc(NCCCCCCOC2CCCCO2)cc1. The van der Waals surface area contributed by atoms with Gasteiger partial charge in [0.2, 0.25) is 0 Å². The number of anilines is 1. The van der Waals surface area contributed by atoms with E-state index in [1.807, 2.05) is 0 Å². The molecule has 0 radical (unpaired) electrons. The van der Waals surface area contributed by atoms with Crippen molar-refractivity contribution in [2.24, 2.45) is 0 Å². The first kappa shape index (κ1) is 18.3. The van der Waals surface area contributed by atoms with Gasteiger partial charge in [0.25, 0.3) is 0 Å². The third-order valence-corrected chi connectivity index (χ3v) is 4.42. The minimum absolute atomic E-state index is 0.0687. The zero-order valence-corrected chi connectivity index (χ0v) is 14.9. The van der Waals surface area contributed by atoms with Crippen LogP contribution in [0.4, 0.5) is 5.69 Å². The fraction of sp³-hybridized carbons (Fsp3) is 0.700. The van der Waals surface area contributed by atoms with Crippen LogP contribution in [0.25, 0.3) is 0 Å². The first-order chi connectivity index (χ1) is 11.3. The highest BCUT2D eigenvalue weighted by atomic mass is 16.7. The van der Waals surface area contributed by atoms with Gasteiger partial charge in [0.15, 0.2) is 6.29 Å². The molecule has 1 fully saturated rings. The lowest BCUT2D eigenvalue weighted by atomic mass is 10.0. The maximum atomic E-state index is 5.75. The van der Waals surface area contributed by atoms with E-state index >= 15 is 0 Å². The molecule has 1 N–H and O–H groups in total. The van der Waals surface area contributed by atoms with Crippen molar-refractivity contribution < 1.29 is 9.47 Å². The van der Waals surface area contributed by atoms with Gasteiger partial charge < -0.3 is 14.8 Å². The van der Waals surface area contributed by atoms with Crippen molar-refractivity contribution >= 4 is 5.69 Å². The van der Waals surface area contributed by atoms with Crippen molar-refractivity contribution in [3.8, 4) is 0 Å². The first-order valence-electron chi connectivity index (χ1n) is 9.33. The molecule has 0 aromatic heterocycles. The van der Waals surface area contributed by atoms with Gasteiger partial charge in [0.1, 0.15) is 0 Å². The summed E-state index contributed by atoms with van der Waals surface area (Å²) in [5, 5.41) is 3.50. The second kappa shape index (κ2) is 10.7. The Hall–Kier alpha value is -1.06. The van der Waals surface area contributed by atoms with Crippen LogP contribution in [0.15, 0.2) is 24.3 Å². The Morgan fingerprint density at radius 3 is 2.57 bits per heavy atom. The molecular formula is C20H33NO2. The second-order valence-electron chi connectivity index (χ2n) is 6.78. The Labute approximate surface area is 141 Å². The Bertz CT molecular complexity index is 410. The summed E-state index contributed by atoms with van der Waals surface area (Å²) in [6.07, 6.45) is 8.42. The van der Waals surface area contributed by atoms with Gasteiger partial charge in [0.05, 0.1) is 0 Å². The molecule has 23 heavy (non-hydrogen) atoms. The summed E-state index contributed by atoms with van der Waals surface area (Å²) < 4.78 is 11.3. The quantitative estimate of drug-likeness (QED) is 0.592. The molecule has 0 spiro atoms. The van der Waals surface area contributed by atoms with E-state index in [9.17, 15) is 0 Å². The van der Waals surface area contributed by atoms with Gasteiger partial charge in [-0.2, -0.15) is 0 Å². The predicted molar refractivity (Wildman–Crippen MR) is 97.0 cm³/mol. The molecule has 3 nitrogen and oxygen atoms in total. The number of rotatable bonds is 10. The molecule has 0 bridgehead atoms. The molecule has 1 aromatic rings. The summed E-state index contributed by atoms with van der Waals surface area (Å²) in [5.74, 6) is 0.602. The minimum Gasteiger partial charge on any atom is -0.385 e. The molecule has 1 aliphatic heterocycles. The van der Waals surface area contributed by atoms with Crippen LogP contribution in [0.2, 0.25) is 0 Å². The summed E-state index contributed by atoms with van der Waals surface area (Å²) in [6.45, 7) is 7.22. The van der Waals surface area contributed by atoms with E-state index in [4.69, 9.17) is 9.47 Å². The van der Waals surface area contributed by atoms with E-state index < -0.39 is 0 Å². The molecule has 2 rings (SSSR count). The van der Waals surface area contributed by atoms with E-state index in [0.29, 0.717) is 5.92 Å². The maximum absolute atomic E-state index is 5.75. The van der Waals surface area contributed by atoms with Crippen LogP contribution >= 0.6 is 0 Å². The van der Waals surface area contributed by atoms with Crippen molar-refractivity contribution in [2.75, 3.05) is 25.1 Å². The number of hydrogen-bond acceptors (Lipinski definition) is 3. The van der Waals surface area contributed by atoms with E-state index in [0.717, 1.165) is 32.6 Å². The molecule has 0 aliphatic carbocycles. The maximum Gasteiger partial charge on any atom is 0.157 e. The Morgan fingerprint density at radius 1 is 1.09 bits per heavy atom. The van der Waals surface area contributed by atoms with Gasteiger partial charge in [-0.3, -0.25) is 0 Å². The molecular weight excluding hydrogens is 286 g/mol. The summed E-state index contributed by atoms with van der Waals surface area (Å²) >= 11 is 0.